The van der Waals surface area contributed by atoms with E-state index in [-0.39, 0.29) is 29.3 Å². The first-order valence-corrected chi connectivity index (χ1v) is 12.5. The lowest BCUT2D eigenvalue weighted by Gasteiger charge is -2.34. The van der Waals surface area contributed by atoms with Gasteiger partial charge < -0.3 is 25.6 Å². The van der Waals surface area contributed by atoms with Crippen LogP contribution in [0.25, 0.3) is 0 Å². The van der Waals surface area contributed by atoms with E-state index in [9.17, 15) is 14.4 Å². The van der Waals surface area contributed by atoms with E-state index < -0.39 is 17.2 Å². The number of hydrogen-bond acceptors (Lipinski definition) is 8. The summed E-state index contributed by atoms with van der Waals surface area (Å²) >= 11 is 0. The molecule has 1 aromatic carbocycles. The van der Waals surface area contributed by atoms with Crippen molar-refractivity contribution in [2.24, 2.45) is 11.7 Å². The van der Waals surface area contributed by atoms with Crippen molar-refractivity contribution in [3.8, 4) is 0 Å². The molecule has 4 N–H and O–H groups in total. The Balaban J connectivity index is 1.30. The largest absolute Gasteiger partial charge is 0.444 e. The summed E-state index contributed by atoms with van der Waals surface area (Å²) in [4.78, 5) is 43.2. The van der Waals surface area contributed by atoms with Crippen LogP contribution in [-0.4, -0.2) is 75.3 Å². The molecule has 200 valence electrons. The average Bonchev–Trinajstić information content (AvgIpc) is 3.27. The predicted octanol–water partition coefficient (Wildman–Crippen LogP) is 2.58. The number of amides is 2. The molecule has 1 aromatic heterocycles. The minimum absolute atomic E-state index is 0.0904. The number of halogens is 1. The predicted molar refractivity (Wildman–Crippen MR) is 135 cm³/mol. The number of primary amides is 1. The molecule has 1 atom stereocenters. The molecular formula is C25H34FN7O4. The third-order valence-corrected chi connectivity index (χ3v) is 6.68. The van der Waals surface area contributed by atoms with Crippen LogP contribution in [0.2, 0.25) is 0 Å². The maximum absolute atomic E-state index is 15.0. The fraction of sp³-hybridized carbons (Fsp3) is 0.560. The van der Waals surface area contributed by atoms with Gasteiger partial charge in [0, 0.05) is 25.3 Å². The van der Waals surface area contributed by atoms with E-state index in [1.165, 1.54) is 6.07 Å². The first-order valence-electron chi connectivity index (χ1n) is 12.5. The highest BCUT2D eigenvalue weighted by atomic mass is 19.1. The number of ether oxygens (including phenoxy) is 1. The van der Waals surface area contributed by atoms with Crippen LogP contribution in [0.4, 0.5) is 20.7 Å². The zero-order valence-electron chi connectivity index (χ0n) is 21.4. The van der Waals surface area contributed by atoms with Crippen LogP contribution in [0.15, 0.2) is 23.0 Å². The second-order valence-electron chi connectivity index (χ2n) is 10.7. The van der Waals surface area contributed by atoms with Gasteiger partial charge in [-0.15, -0.1) is 0 Å². The summed E-state index contributed by atoms with van der Waals surface area (Å²) in [5.41, 5.74) is 4.74. The Labute approximate surface area is 214 Å². The number of anilines is 2. The van der Waals surface area contributed by atoms with Crippen LogP contribution in [-0.2, 0) is 4.74 Å². The number of aromatic amines is 1. The van der Waals surface area contributed by atoms with Gasteiger partial charge in [0.2, 0.25) is 0 Å². The van der Waals surface area contributed by atoms with Crippen LogP contribution < -0.4 is 16.7 Å². The van der Waals surface area contributed by atoms with Gasteiger partial charge in [0.05, 0.1) is 0 Å². The molecule has 2 aliphatic rings. The van der Waals surface area contributed by atoms with Gasteiger partial charge in [0.1, 0.15) is 11.4 Å². The molecule has 3 heterocycles. The summed E-state index contributed by atoms with van der Waals surface area (Å²) in [7, 11) is 0. The Kier molecular flexibility index (Phi) is 7.76. The van der Waals surface area contributed by atoms with E-state index in [4.69, 9.17) is 10.5 Å². The van der Waals surface area contributed by atoms with Crippen molar-refractivity contribution in [3.05, 3.63) is 45.8 Å². The zero-order chi connectivity index (χ0) is 26.7. The molecule has 4 rings (SSSR count). The van der Waals surface area contributed by atoms with Crippen molar-refractivity contribution in [1.82, 2.24) is 25.0 Å². The SMILES string of the molecule is CC(C)(C)OC(=O)N1CCC(CN2CCC(c3ccc(Nc4nc(=O)[nH]nc4C(N)=O)cc3F)CC2)C1. The summed E-state index contributed by atoms with van der Waals surface area (Å²) in [6.45, 7) is 9.66. The first-order chi connectivity index (χ1) is 17.5. The van der Waals surface area contributed by atoms with E-state index in [0.29, 0.717) is 30.3 Å². The van der Waals surface area contributed by atoms with Crippen molar-refractivity contribution in [2.75, 3.05) is 38.0 Å². The van der Waals surface area contributed by atoms with E-state index in [2.05, 4.69) is 25.4 Å². The fourth-order valence-corrected chi connectivity index (χ4v) is 4.93. The summed E-state index contributed by atoms with van der Waals surface area (Å²) in [5.74, 6) is -0.873. The molecule has 0 radical (unpaired) electrons. The Morgan fingerprint density at radius 1 is 1.22 bits per heavy atom. The summed E-state index contributed by atoms with van der Waals surface area (Å²) in [6, 6.07) is 4.72. The molecule has 37 heavy (non-hydrogen) atoms. The van der Waals surface area contributed by atoms with E-state index >= 15 is 4.39 Å². The molecule has 2 aliphatic heterocycles. The number of nitrogens with zero attached hydrogens (tertiary/aromatic N) is 4. The molecule has 0 spiro atoms. The molecule has 2 saturated heterocycles. The van der Waals surface area contributed by atoms with E-state index in [0.717, 1.165) is 38.9 Å². The highest BCUT2D eigenvalue weighted by Crippen LogP contribution is 2.32. The van der Waals surface area contributed by atoms with Crippen LogP contribution in [0, 0.1) is 11.7 Å². The van der Waals surface area contributed by atoms with Gasteiger partial charge in [0.25, 0.3) is 5.91 Å². The van der Waals surface area contributed by atoms with Gasteiger partial charge >= 0.3 is 11.8 Å². The Morgan fingerprint density at radius 2 is 1.95 bits per heavy atom. The molecule has 0 aliphatic carbocycles. The number of piperidine rings is 1. The lowest BCUT2D eigenvalue weighted by Crippen LogP contribution is -2.39. The first kappa shape index (κ1) is 26.5. The Bertz CT molecular complexity index is 1200. The van der Waals surface area contributed by atoms with Gasteiger partial charge in [-0.25, -0.2) is 19.1 Å². The smallest absolute Gasteiger partial charge is 0.410 e. The summed E-state index contributed by atoms with van der Waals surface area (Å²) < 4.78 is 20.5. The molecular weight excluding hydrogens is 481 g/mol. The fourth-order valence-electron chi connectivity index (χ4n) is 4.93. The van der Waals surface area contributed by atoms with Gasteiger partial charge in [-0.05, 0) is 82.7 Å². The molecule has 0 saturated carbocycles. The molecule has 0 bridgehead atoms. The highest BCUT2D eigenvalue weighted by molar-refractivity contribution is 5.95. The number of aromatic nitrogens is 3. The van der Waals surface area contributed by atoms with E-state index in [1.807, 2.05) is 20.8 Å². The number of hydrogen-bond donors (Lipinski definition) is 3. The molecule has 2 aromatic rings. The quantitative estimate of drug-likeness (QED) is 0.532. The van der Waals surface area contributed by atoms with Gasteiger partial charge in [0.15, 0.2) is 11.5 Å². The zero-order valence-corrected chi connectivity index (χ0v) is 21.4. The van der Waals surface area contributed by atoms with Crippen LogP contribution in [0.5, 0.6) is 0 Å². The Hall–Kier alpha value is -3.54. The number of carbonyl (C=O) groups is 2. The topological polar surface area (TPSA) is 147 Å². The van der Waals surface area contributed by atoms with Gasteiger partial charge in [-0.1, -0.05) is 6.07 Å². The highest BCUT2D eigenvalue weighted by Gasteiger charge is 2.32. The van der Waals surface area contributed by atoms with Crippen molar-refractivity contribution in [1.29, 1.82) is 0 Å². The van der Waals surface area contributed by atoms with Crippen LogP contribution in [0.1, 0.15) is 62.0 Å². The monoisotopic (exact) mass is 515 g/mol. The Morgan fingerprint density at radius 3 is 2.59 bits per heavy atom. The minimum atomic E-state index is -0.870. The van der Waals surface area contributed by atoms with Crippen LogP contribution >= 0.6 is 0 Å². The summed E-state index contributed by atoms with van der Waals surface area (Å²) in [5, 5.41) is 8.41. The molecule has 2 fully saturated rings. The maximum Gasteiger partial charge on any atom is 0.410 e. The maximum atomic E-state index is 15.0. The van der Waals surface area contributed by atoms with Crippen molar-refractivity contribution in [2.45, 2.75) is 51.6 Å². The molecule has 12 heteroatoms. The molecule has 11 nitrogen and oxygen atoms in total. The number of rotatable bonds is 6. The average molecular weight is 516 g/mol. The second kappa shape index (κ2) is 10.8. The number of nitrogens with two attached hydrogens (primary N) is 1. The number of likely N-dealkylation sites (tertiary alicyclic amines) is 2. The standard InChI is InChI=1S/C25H34FN7O4/c1-25(2,3)37-24(36)33-11-6-15(14-33)13-32-9-7-16(8-10-32)18-5-4-17(12-19(18)26)28-22-20(21(27)34)30-31-23(35)29-22/h4-5,12,15-16H,6-11,13-14H2,1-3H3,(H2,27,34)(H2,28,29,31,35). The normalized spacial score (nSPS) is 19.1. The van der Waals surface area contributed by atoms with E-state index in [1.54, 1.807) is 17.0 Å². The minimum Gasteiger partial charge on any atom is -0.444 e. The number of nitrogens with one attached hydrogen (secondary N) is 2. The van der Waals surface area contributed by atoms with Crippen molar-refractivity contribution < 1.29 is 18.7 Å². The number of benzene rings is 1. The third-order valence-electron chi connectivity index (χ3n) is 6.68. The van der Waals surface area contributed by atoms with Crippen molar-refractivity contribution in [3.63, 3.8) is 0 Å². The lowest BCUT2D eigenvalue weighted by atomic mass is 9.88. The summed E-state index contributed by atoms with van der Waals surface area (Å²) in [6.07, 6.45) is 2.37. The van der Waals surface area contributed by atoms with Crippen LogP contribution in [0.3, 0.4) is 0 Å². The van der Waals surface area contributed by atoms with Gasteiger partial charge in [-0.2, -0.15) is 10.1 Å². The number of H-pyrrole nitrogens is 1. The molecule has 1 unspecified atom stereocenters. The number of carbonyl (C=O) groups excluding carboxylic acids is 2. The molecule has 2 amide bonds. The van der Waals surface area contributed by atoms with Crippen molar-refractivity contribution >= 4 is 23.5 Å². The third kappa shape index (κ3) is 6.82. The second-order valence-corrected chi connectivity index (χ2v) is 10.7. The van der Waals surface area contributed by atoms with Gasteiger partial charge in [-0.3, -0.25) is 4.79 Å². The lowest BCUT2D eigenvalue weighted by molar-refractivity contribution is 0.0284.